The van der Waals surface area contributed by atoms with Crippen LogP contribution in [-0.2, 0) is 11.3 Å². The Labute approximate surface area is 178 Å². The van der Waals surface area contributed by atoms with E-state index < -0.39 is 0 Å². The molecule has 2 fully saturated rings. The van der Waals surface area contributed by atoms with E-state index in [9.17, 15) is 4.79 Å². The Morgan fingerprint density at radius 3 is 2.73 bits per heavy atom. The largest absolute Gasteiger partial charge is 0.493 e. The van der Waals surface area contributed by atoms with Crippen LogP contribution in [0.15, 0.2) is 24.4 Å². The summed E-state index contributed by atoms with van der Waals surface area (Å²) in [4.78, 5) is 27.0. The Hall–Kier alpha value is -2.83. The SMILES string of the molecule is COc1cccc(CN2CCC[C@]3(CCN(c4nc(C)cnc4C)C3)C2=O)c1OC. The number of hydrogen-bond donors (Lipinski definition) is 0. The molecule has 2 aliphatic heterocycles. The highest BCUT2D eigenvalue weighted by Crippen LogP contribution is 2.42. The molecular formula is C23H30N4O3. The Morgan fingerprint density at radius 1 is 1.13 bits per heavy atom. The molecule has 0 bridgehead atoms. The van der Waals surface area contributed by atoms with Crippen LogP contribution >= 0.6 is 0 Å². The number of carbonyl (C=O) groups is 1. The molecule has 0 radical (unpaired) electrons. The number of likely N-dealkylation sites (tertiary alicyclic amines) is 1. The number of aromatic nitrogens is 2. The fraction of sp³-hybridized carbons (Fsp3) is 0.522. The summed E-state index contributed by atoms with van der Waals surface area (Å²) in [6, 6.07) is 5.82. The molecule has 4 rings (SSSR count). The average molecular weight is 411 g/mol. The fourth-order valence-electron chi connectivity index (χ4n) is 4.84. The number of rotatable bonds is 5. The molecular weight excluding hydrogens is 380 g/mol. The van der Waals surface area contributed by atoms with Crippen molar-refractivity contribution in [1.82, 2.24) is 14.9 Å². The number of methoxy groups -OCH3 is 2. The molecule has 0 unspecified atom stereocenters. The van der Waals surface area contributed by atoms with Crippen LogP contribution < -0.4 is 14.4 Å². The monoisotopic (exact) mass is 410 g/mol. The van der Waals surface area contributed by atoms with Gasteiger partial charge in [0.25, 0.3) is 0 Å². The van der Waals surface area contributed by atoms with Gasteiger partial charge in [0.2, 0.25) is 5.91 Å². The van der Waals surface area contributed by atoms with Crippen molar-refractivity contribution in [3.05, 3.63) is 41.3 Å². The van der Waals surface area contributed by atoms with E-state index in [4.69, 9.17) is 14.5 Å². The lowest BCUT2D eigenvalue weighted by atomic mass is 9.78. The molecule has 0 aliphatic carbocycles. The standard InChI is InChI=1S/C23H30N4O3/c1-16-13-24-17(2)21(25-16)27-12-10-23(15-27)9-6-11-26(22(23)28)14-18-7-5-8-19(29-3)20(18)30-4/h5,7-8,13H,6,9-12,14-15H2,1-4H3/t23-/m1/s1. The van der Waals surface area contributed by atoms with Crippen molar-refractivity contribution in [3.63, 3.8) is 0 Å². The minimum atomic E-state index is -0.345. The average Bonchev–Trinajstić information content (AvgIpc) is 3.17. The van der Waals surface area contributed by atoms with Crippen molar-refractivity contribution < 1.29 is 14.3 Å². The van der Waals surface area contributed by atoms with Crippen molar-refractivity contribution in [2.75, 3.05) is 38.8 Å². The molecule has 7 nitrogen and oxygen atoms in total. The van der Waals surface area contributed by atoms with E-state index in [0.717, 1.165) is 55.1 Å². The summed E-state index contributed by atoms with van der Waals surface area (Å²) >= 11 is 0. The summed E-state index contributed by atoms with van der Waals surface area (Å²) in [6.45, 7) is 6.78. The highest BCUT2D eigenvalue weighted by atomic mass is 16.5. The van der Waals surface area contributed by atoms with Gasteiger partial charge in [-0.3, -0.25) is 9.78 Å². The maximum absolute atomic E-state index is 13.6. The van der Waals surface area contributed by atoms with Crippen LogP contribution in [0, 0.1) is 19.3 Å². The second kappa shape index (κ2) is 8.13. The van der Waals surface area contributed by atoms with Gasteiger partial charge in [-0.25, -0.2) is 4.98 Å². The smallest absolute Gasteiger partial charge is 0.230 e. The molecule has 0 N–H and O–H groups in total. The molecule has 1 aromatic heterocycles. The number of amides is 1. The van der Waals surface area contributed by atoms with Gasteiger partial charge in [0.05, 0.1) is 31.0 Å². The molecule has 2 aromatic rings. The number of aryl methyl sites for hydroxylation is 2. The van der Waals surface area contributed by atoms with Crippen molar-refractivity contribution >= 4 is 11.7 Å². The number of anilines is 1. The van der Waals surface area contributed by atoms with Crippen LogP contribution in [0.3, 0.4) is 0 Å². The zero-order chi connectivity index (χ0) is 21.3. The number of piperidine rings is 1. The summed E-state index contributed by atoms with van der Waals surface area (Å²) in [5.74, 6) is 2.53. The van der Waals surface area contributed by atoms with Gasteiger partial charge < -0.3 is 19.3 Å². The van der Waals surface area contributed by atoms with E-state index in [2.05, 4.69) is 9.88 Å². The van der Waals surface area contributed by atoms with Crippen molar-refractivity contribution in [2.24, 2.45) is 5.41 Å². The van der Waals surface area contributed by atoms with Crippen molar-refractivity contribution in [1.29, 1.82) is 0 Å². The maximum atomic E-state index is 13.6. The first-order chi connectivity index (χ1) is 14.5. The van der Waals surface area contributed by atoms with Crippen LogP contribution in [-0.4, -0.2) is 54.6 Å². The highest BCUT2D eigenvalue weighted by Gasteiger charge is 2.49. The van der Waals surface area contributed by atoms with Crippen molar-refractivity contribution in [3.8, 4) is 11.5 Å². The summed E-state index contributed by atoms with van der Waals surface area (Å²) in [6.07, 6.45) is 4.57. The van der Waals surface area contributed by atoms with Crippen LogP contribution in [0.25, 0.3) is 0 Å². The second-order valence-corrected chi connectivity index (χ2v) is 8.36. The first kappa shape index (κ1) is 20.4. The predicted molar refractivity (Wildman–Crippen MR) is 115 cm³/mol. The molecule has 30 heavy (non-hydrogen) atoms. The number of para-hydroxylation sites is 1. The molecule has 1 spiro atoms. The van der Waals surface area contributed by atoms with Crippen LogP contribution in [0.4, 0.5) is 5.82 Å². The zero-order valence-electron chi connectivity index (χ0n) is 18.3. The van der Waals surface area contributed by atoms with Gasteiger partial charge in [-0.2, -0.15) is 0 Å². The molecule has 2 aliphatic rings. The predicted octanol–water partition coefficient (Wildman–Crippen LogP) is 3.13. The van der Waals surface area contributed by atoms with Gasteiger partial charge in [-0.15, -0.1) is 0 Å². The lowest BCUT2D eigenvalue weighted by Gasteiger charge is -2.39. The number of carbonyl (C=O) groups excluding carboxylic acids is 1. The third kappa shape index (κ3) is 3.57. The topological polar surface area (TPSA) is 67.8 Å². The van der Waals surface area contributed by atoms with Gasteiger partial charge in [0.1, 0.15) is 5.82 Å². The number of benzene rings is 1. The van der Waals surface area contributed by atoms with Crippen LogP contribution in [0.5, 0.6) is 11.5 Å². The fourth-order valence-corrected chi connectivity index (χ4v) is 4.84. The number of hydrogen-bond acceptors (Lipinski definition) is 6. The maximum Gasteiger partial charge on any atom is 0.230 e. The summed E-state index contributed by atoms with van der Waals surface area (Å²) in [5, 5.41) is 0. The summed E-state index contributed by atoms with van der Waals surface area (Å²) in [7, 11) is 3.27. The van der Waals surface area contributed by atoms with Gasteiger partial charge in [-0.05, 0) is 39.2 Å². The van der Waals surface area contributed by atoms with Gasteiger partial charge in [0, 0.05) is 37.9 Å². The quantitative estimate of drug-likeness (QED) is 0.754. The van der Waals surface area contributed by atoms with Gasteiger partial charge in [0.15, 0.2) is 11.5 Å². The highest BCUT2D eigenvalue weighted by molar-refractivity contribution is 5.85. The molecule has 1 atom stereocenters. The number of nitrogens with zero attached hydrogens (tertiary/aromatic N) is 4. The van der Waals surface area contributed by atoms with E-state index in [1.54, 1.807) is 20.4 Å². The summed E-state index contributed by atoms with van der Waals surface area (Å²) in [5.41, 5.74) is 2.44. The lowest BCUT2D eigenvalue weighted by Crippen LogP contribution is -2.49. The lowest BCUT2D eigenvalue weighted by molar-refractivity contribution is -0.145. The minimum absolute atomic E-state index is 0.236. The molecule has 160 valence electrons. The van der Waals surface area contributed by atoms with E-state index in [1.165, 1.54) is 0 Å². The third-order valence-corrected chi connectivity index (χ3v) is 6.37. The molecule has 0 saturated carbocycles. The molecule has 3 heterocycles. The van der Waals surface area contributed by atoms with Gasteiger partial charge in [-0.1, -0.05) is 12.1 Å². The Kier molecular flexibility index (Phi) is 5.54. The number of ether oxygens (including phenoxy) is 2. The first-order valence-electron chi connectivity index (χ1n) is 10.5. The summed E-state index contributed by atoms with van der Waals surface area (Å²) < 4.78 is 11.0. The molecule has 2 saturated heterocycles. The Balaban J connectivity index is 1.55. The van der Waals surface area contributed by atoms with E-state index >= 15 is 0 Å². The third-order valence-electron chi connectivity index (χ3n) is 6.37. The van der Waals surface area contributed by atoms with E-state index in [-0.39, 0.29) is 11.3 Å². The Morgan fingerprint density at radius 2 is 1.97 bits per heavy atom. The normalized spacial score (nSPS) is 21.4. The van der Waals surface area contributed by atoms with E-state index in [0.29, 0.717) is 24.6 Å². The van der Waals surface area contributed by atoms with Crippen LogP contribution in [0.2, 0.25) is 0 Å². The molecule has 7 heteroatoms. The second-order valence-electron chi connectivity index (χ2n) is 8.36. The molecule has 1 aromatic carbocycles. The van der Waals surface area contributed by atoms with Gasteiger partial charge >= 0.3 is 0 Å². The Bertz CT molecular complexity index is 948. The van der Waals surface area contributed by atoms with Crippen LogP contribution in [0.1, 0.15) is 36.2 Å². The van der Waals surface area contributed by atoms with Crippen molar-refractivity contribution in [2.45, 2.75) is 39.7 Å². The van der Waals surface area contributed by atoms with E-state index in [1.807, 2.05) is 36.9 Å². The minimum Gasteiger partial charge on any atom is -0.493 e. The molecule has 1 amide bonds. The first-order valence-corrected chi connectivity index (χ1v) is 10.5. The zero-order valence-corrected chi connectivity index (χ0v) is 18.3.